The SMILES string of the molecule is CCc1cc(Nc2ncc(C3CCN(CC4CCCC4)CC3)c(N)n2)ccn1. The number of piperidine rings is 1. The van der Waals surface area contributed by atoms with E-state index in [0.717, 1.165) is 55.2 Å². The minimum Gasteiger partial charge on any atom is -0.383 e. The molecule has 1 saturated carbocycles. The molecule has 0 atom stereocenters. The van der Waals surface area contributed by atoms with E-state index in [9.17, 15) is 0 Å². The predicted molar refractivity (Wildman–Crippen MR) is 114 cm³/mol. The Morgan fingerprint density at radius 2 is 1.93 bits per heavy atom. The molecule has 1 aliphatic heterocycles. The van der Waals surface area contributed by atoms with Crippen molar-refractivity contribution < 1.29 is 0 Å². The van der Waals surface area contributed by atoms with Gasteiger partial charge in [-0.3, -0.25) is 4.98 Å². The molecule has 4 rings (SSSR count). The highest BCUT2D eigenvalue weighted by molar-refractivity contribution is 5.55. The van der Waals surface area contributed by atoms with Gasteiger partial charge in [-0.25, -0.2) is 4.98 Å². The molecule has 0 bridgehead atoms. The summed E-state index contributed by atoms with van der Waals surface area (Å²) in [7, 11) is 0. The Kier molecular flexibility index (Phi) is 6.05. The molecule has 1 aliphatic carbocycles. The highest BCUT2D eigenvalue weighted by Crippen LogP contribution is 2.33. The number of nitrogen functional groups attached to an aromatic ring is 1. The van der Waals surface area contributed by atoms with Crippen molar-refractivity contribution in [2.24, 2.45) is 5.92 Å². The Hall–Kier alpha value is -2.21. The molecule has 150 valence electrons. The van der Waals surface area contributed by atoms with Gasteiger partial charge in [0.25, 0.3) is 0 Å². The molecule has 2 fully saturated rings. The van der Waals surface area contributed by atoms with E-state index in [-0.39, 0.29) is 0 Å². The molecular weight excluding hydrogens is 348 g/mol. The van der Waals surface area contributed by atoms with Crippen molar-refractivity contribution in [1.82, 2.24) is 19.9 Å². The topological polar surface area (TPSA) is 80.0 Å². The summed E-state index contributed by atoms with van der Waals surface area (Å²) in [5.74, 6) is 2.56. The van der Waals surface area contributed by atoms with Gasteiger partial charge in [0.15, 0.2) is 0 Å². The van der Waals surface area contributed by atoms with Crippen LogP contribution in [0.15, 0.2) is 24.5 Å². The lowest BCUT2D eigenvalue weighted by Crippen LogP contribution is -2.36. The zero-order valence-corrected chi connectivity index (χ0v) is 16.9. The van der Waals surface area contributed by atoms with Crippen LogP contribution in [0, 0.1) is 5.92 Å². The monoisotopic (exact) mass is 380 g/mol. The summed E-state index contributed by atoms with van der Waals surface area (Å²) in [6.07, 6.45) is 12.6. The quantitative estimate of drug-likeness (QED) is 0.784. The first-order chi connectivity index (χ1) is 13.7. The summed E-state index contributed by atoms with van der Waals surface area (Å²) in [5.41, 5.74) is 9.40. The van der Waals surface area contributed by atoms with Crippen LogP contribution in [0.1, 0.15) is 62.6 Å². The van der Waals surface area contributed by atoms with Crippen LogP contribution in [0.25, 0.3) is 0 Å². The van der Waals surface area contributed by atoms with Crippen LogP contribution in [0.5, 0.6) is 0 Å². The number of nitrogens with two attached hydrogens (primary N) is 1. The molecule has 2 aromatic rings. The fourth-order valence-corrected chi connectivity index (χ4v) is 4.64. The van der Waals surface area contributed by atoms with Gasteiger partial charge in [-0.15, -0.1) is 0 Å². The van der Waals surface area contributed by atoms with Gasteiger partial charge in [-0.05, 0) is 69.2 Å². The third kappa shape index (κ3) is 4.61. The first kappa shape index (κ1) is 19.1. The summed E-state index contributed by atoms with van der Waals surface area (Å²) < 4.78 is 0. The second-order valence-corrected chi connectivity index (χ2v) is 8.27. The highest BCUT2D eigenvalue weighted by atomic mass is 15.1. The van der Waals surface area contributed by atoms with E-state index in [1.54, 1.807) is 6.20 Å². The molecule has 6 nitrogen and oxygen atoms in total. The average Bonchev–Trinajstić information content (AvgIpc) is 3.22. The number of likely N-dealkylation sites (tertiary alicyclic amines) is 1. The third-order valence-electron chi connectivity index (χ3n) is 6.30. The molecule has 0 aromatic carbocycles. The second kappa shape index (κ2) is 8.86. The number of nitrogens with one attached hydrogen (secondary N) is 1. The van der Waals surface area contributed by atoms with E-state index in [2.05, 4.69) is 32.1 Å². The van der Waals surface area contributed by atoms with E-state index >= 15 is 0 Å². The summed E-state index contributed by atoms with van der Waals surface area (Å²) in [6, 6.07) is 3.94. The number of anilines is 3. The minimum atomic E-state index is 0.474. The Labute approximate surface area is 168 Å². The number of hydrogen-bond acceptors (Lipinski definition) is 6. The molecule has 0 spiro atoms. The zero-order valence-electron chi connectivity index (χ0n) is 16.9. The standard InChI is InChI=1S/C22H32N6/c1-2-18-13-19(7-10-24-18)26-22-25-14-20(21(23)27-22)17-8-11-28(12-9-17)15-16-5-3-4-6-16/h7,10,13-14,16-17H,2-6,8-9,11-12,15H2,1H3,(H3,23,24,25,26,27). The lowest BCUT2D eigenvalue weighted by atomic mass is 9.90. The molecule has 0 amide bonds. The maximum atomic E-state index is 6.31. The smallest absolute Gasteiger partial charge is 0.229 e. The molecule has 3 heterocycles. The van der Waals surface area contributed by atoms with Crippen LogP contribution < -0.4 is 11.1 Å². The van der Waals surface area contributed by atoms with Crippen molar-refractivity contribution in [1.29, 1.82) is 0 Å². The zero-order chi connectivity index (χ0) is 19.3. The number of hydrogen-bond donors (Lipinski definition) is 2. The largest absolute Gasteiger partial charge is 0.383 e. The van der Waals surface area contributed by atoms with Gasteiger partial charge in [-0.1, -0.05) is 19.8 Å². The highest BCUT2D eigenvalue weighted by Gasteiger charge is 2.25. The fourth-order valence-electron chi connectivity index (χ4n) is 4.64. The molecule has 3 N–H and O–H groups in total. The summed E-state index contributed by atoms with van der Waals surface area (Å²) in [4.78, 5) is 16.0. The number of aryl methyl sites for hydroxylation is 1. The number of rotatable bonds is 6. The summed E-state index contributed by atoms with van der Waals surface area (Å²) in [6.45, 7) is 5.70. The van der Waals surface area contributed by atoms with Gasteiger partial charge >= 0.3 is 0 Å². The molecule has 6 heteroatoms. The lowest BCUT2D eigenvalue weighted by molar-refractivity contribution is 0.183. The third-order valence-corrected chi connectivity index (χ3v) is 6.30. The average molecular weight is 381 g/mol. The van der Waals surface area contributed by atoms with E-state index in [1.807, 2.05) is 18.3 Å². The van der Waals surface area contributed by atoms with Crippen molar-refractivity contribution in [2.45, 2.75) is 57.8 Å². The second-order valence-electron chi connectivity index (χ2n) is 8.27. The predicted octanol–water partition coefficient (Wildman–Crippen LogP) is 4.13. The maximum Gasteiger partial charge on any atom is 0.229 e. The number of nitrogens with zero attached hydrogens (tertiary/aromatic N) is 4. The first-order valence-electron chi connectivity index (χ1n) is 10.8. The van der Waals surface area contributed by atoms with Crippen LogP contribution in [0.4, 0.5) is 17.5 Å². The van der Waals surface area contributed by atoms with Gasteiger partial charge < -0.3 is 16.0 Å². The van der Waals surface area contributed by atoms with Crippen LogP contribution in [-0.4, -0.2) is 39.5 Å². The maximum absolute atomic E-state index is 6.31. The van der Waals surface area contributed by atoms with Gasteiger partial charge in [0, 0.05) is 35.9 Å². The van der Waals surface area contributed by atoms with Crippen molar-refractivity contribution in [2.75, 3.05) is 30.7 Å². The Morgan fingerprint density at radius 3 is 2.64 bits per heavy atom. The molecule has 2 aliphatic rings. The fraction of sp³-hybridized carbons (Fsp3) is 0.591. The molecule has 1 saturated heterocycles. The molecule has 2 aromatic heterocycles. The minimum absolute atomic E-state index is 0.474. The summed E-state index contributed by atoms with van der Waals surface area (Å²) >= 11 is 0. The Balaban J connectivity index is 1.35. The van der Waals surface area contributed by atoms with Crippen LogP contribution >= 0.6 is 0 Å². The van der Waals surface area contributed by atoms with Crippen molar-refractivity contribution in [3.63, 3.8) is 0 Å². The van der Waals surface area contributed by atoms with E-state index < -0.39 is 0 Å². The number of pyridine rings is 1. The van der Waals surface area contributed by atoms with Gasteiger partial charge in [0.1, 0.15) is 5.82 Å². The van der Waals surface area contributed by atoms with Crippen LogP contribution in [0.2, 0.25) is 0 Å². The molecule has 28 heavy (non-hydrogen) atoms. The van der Waals surface area contributed by atoms with E-state index in [0.29, 0.717) is 17.7 Å². The lowest BCUT2D eigenvalue weighted by Gasteiger charge is -2.33. The molecule has 0 unspecified atom stereocenters. The van der Waals surface area contributed by atoms with Gasteiger partial charge in [0.05, 0.1) is 0 Å². The van der Waals surface area contributed by atoms with Crippen molar-refractivity contribution in [3.8, 4) is 0 Å². The van der Waals surface area contributed by atoms with E-state index in [1.165, 1.54) is 32.2 Å². The molecular formula is C22H32N6. The van der Waals surface area contributed by atoms with Gasteiger partial charge in [0.2, 0.25) is 5.95 Å². The molecule has 0 radical (unpaired) electrons. The number of aromatic nitrogens is 3. The first-order valence-corrected chi connectivity index (χ1v) is 10.8. The van der Waals surface area contributed by atoms with Crippen LogP contribution in [-0.2, 0) is 6.42 Å². The summed E-state index contributed by atoms with van der Waals surface area (Å²) in [5, 5.41) is 3.25. The Morgan fingerprint density at radius 1 is 1.14 bits per heavy atom. The Bertz CT molecular complexity index is 778. The van der Waals surface area contributed by atoms with E-state index in [4.69, 9.17) is 5.73 Å². The van der Waals surface area contributed by atoms with Crippen molar-refractivity contribution in [3.05, 3.63) is 35.8 Å². The van der Waals surface area contributed by atoms with Crippen LogP contribution in [0.3, 0.4) is 0 Å². The van der Waals surface area contributed by atoms with Gasteiger partial charge in [-0.2, -0.15) is 4.98 Å². The normalized spacial score (nSPS) is 19.2. The van der Waals surface area contributed by atoms with Crippen molar-refractivity contribution >= 4 is 17.5 Å².